The van der Waals surface area contributed by atoms with Gasteiger partial charge in [0.1, 0.15) is 0 Å². The molecule has 2 saturated heterocycles. The van der Waals surface area contributed by atoms with Gasteiger partial charge in [0.2, 0.25) is 0 Å². The van der Waals surface area contributed by atoms with Gasteiger partial charge in [0.05, 0.1) is 13.2 Å². The van der Waals surface area contributed by atoms with Crippen LogP contribution in [0.15, 0.2) is 0 Å². The Labute approximate surface area is 86.2 Å². The van der Waals surface area contributed by atoms with Crippen molar-refractivity contribution in [3.8, 4) is 0 Å². The predicted molar refractivity (Wildman–Crippen MR) is 56.5 cm³/mol. The summed E-state index contributed by atoms with van der Waals surface area (Å²) in [6.45, 7) is 8.72. The van der Waals surface area contributed by atoms with Gasteiger partial charge in [-0.2, -0.15) is 0 Å². The van der Waals surface area contributed by atoms with E-state index in [1.165, 1.54) is 26.2 Å². The Morgan fingerprint density at radius 3 is 2.71 bits per heavy atom. The number of nitrogens with one attached hydrogen (secondary N) is 1. The molecule has 4 nitrogen and oxygen atoms in total. The molecule has 0 aliphatic carbocycles. The molecular formula is C10H21N3O. The Kier molecular flexibility index (Phi) is 3.75. The minimum atomic E-state index is 0.548. The first kappa shape index (κ1) is 10.4. The monoisotopic (exact) mass is 199 g/mol. The van der Waals surface area contributed by atoms with Crippen LogP contribution in [0.25, 0.3) is 0 Å². The van der Waals surface area contributed by atoms with Gasteiger partial charge in [0.15, 0.2) is 0 Å². The van der Waals surface area contributed by atoms with Crippen LogP contribution in [0.2, 0.25) is 0 Å². The molecule has 2 rings (SSSR count). The van der Waals surface area contributed by atoms with E-state index in [1.54, 1.807) is 0 Å². The first-order valence-corrected chi connectivity index (χ1v) is 5.56. The van der Waals surface area contributed by atoms with Crippen molar-refractivity contribution in [1.82, 2.24) is 15.1 Å². The number of hydrogen-bond donors (Lipinski definition) is 1. The lowest BCUT2D eigenvalue weighted by molar-refractivity contribution is 0.0530. The number of ether oxygens (including phenoxy) is 1. The molecule has 0 bridgehead atoms. The van der Waals surface area contributed by atoms with Crippen LogP contribution in [0, 0.1) is 0 Å². The van der Waals surface area contributed by atoms with E-state index in [0.717, 1.165) is 26.3 Å². The Morgan fingerprint density at radius 1 is 1.29 bits per heavy atom. The van der Waals surface area contributed by atoms with Gasteiger partial charge in [-0.15, -0.1) is 0 Å². The minimum absolute atomic E-state index is 0.548. The van der Waals surface area contributed by atoms with Crippen molar-refractivity contribution in [3.63, 3.8) is 0 Å². The highest BCUT2D eigenvalue weighted by atomic mass is 16.5. The zero-order chi connectivity index (χ0) is 9.80. The lowest BCUT2D eigenvalue weighted by Crippen LogP contribution is -2.52. The molecule has 0 amide bonds. The van der Waals surface area contributed by atoms with Gasteiger partial charge in [-0.25, -0.2) is 0 Å². The summed E-state index contributed by atoms with van der Waals surface area (Å²) in [5, 5.41) is 3.50. The molecule has 0 radical (unpaired) electrons. The van der Waals surface area contributed by atoms with E-state index in [9.17, 15) is 0 Å². The van der Waals surface area contributed by atoms with Crippen molar-refractivity contribution in [2.75, 3.05) is 59.5 Å². The van der Waals surface area contributed by atoms with E-state index in [2.05, 4.69) is 22.2 Å². The third-order valence-electron chi connectivity index (χ3n) is 3.07. The lowest BCUT2D eigenvalue weighted by atomic mass is 10.2. The normalized spacial score (nSPS) is 31.9. The summed E-state index contributed by atoms with van der Waals surface area (Å²) < 4.78 is 5.45. The molecule has 2 heterocycles. The highest BCUT2D eigenvalue weighted by Gasteiger charge is 2.19. The van der Waals surface area contributed by atoms with Gasteiger partial charge in [0, 0.05) is 45.3 Å². The lowest BCUT2D eigenvalue weighted by Gasteiger charge is -2.35. The van der Waals surface area contributed by atoms with Gasteiger partial charge >= 0.3 is 0 Å². The molecule has 1 atom stereocenters. The van der Waals surface area contributed by atoms with Crippen molar-refractivity contribution >= 4 is 0 Å². The van der Waals surface area contributed by atoms with Crippen LogP contribution >= 0.6 is 0 Å². The maximum atomic E-state index is 5.45. The third kappa shape index (κ3) is 2.92. The van der Waals surface area contributed by atoms with E-state index in [0.29, 0.717) is 6.04 Å². The van der Waals surface area contributed by atoms with Crippen molar-refractivity contribution in [1.29, 1.82) is 0 Å². The summed E-state index contributed by atoms with van der Waals surface area (Å²) in [5.74, 6) is 0. The van der Waals surface area contributed by atoms with Crippen LogP contribution in [0.3, 0.4) is 0 Å². The SMILES string of the molecule is CN1CCN(CC2COCCN2)CC1. The number of piperazine rings is 1. The number of morpholine rings is 1. The molecule has 1 N–H and O–H groups in total. The largest absolute Gasteiger partial charge is 0.378 e. The predicted octanol–water partition coefficient (Wildman–Crippen LogP) is -0.778. The van der Waals surface area contributed by atoms with Gasteiger partial charge in [-0.1, -0.05) is 0 Å². The van der Waals surface area contributed by atoms with Gasteiger partial charge in [-0.3, -0.25) is 4.90 Å². The molecule has 2 aliphatic heterocycles. The molecule has 0 spiro atoms. The Morgan fingerprint density at radius 2 is 2.07 bits per heavy atom. The molecule has 0 aromatic carbocycles. The van der Waals surface area contributed by atoms with Gasteiger partial charge in [-0.05, 0) is 7.05 Å². The molecule has 14 heavy (non-hydrogen) atoms. The molecule has 1 unspecified atom stereocenters. The fourth-order valence-electron chi connectivity index (χ4n) is 2.08. The fourth-order valence-corrected chi connectivity index (χ4v) is 2.08. The molecule has 0 aromatic heterocycles. The molecule has 2 aliphatic rings. The van der Waals surface area contributed by atoms with Crippen LogP contribution in [0.1, 0.15) is 0 Å². The number of likely N-dealkylation sites (N-methyl/N-ethyl adjacent to an activating group) is 1. The van der Waals surface area contributed by atoms with E-state index < -0.39 is 0 Å². The zero-order valence-corrected chi connectivity index (χ0v) is 9.04. The number of rotatable bonds is 2. The third-order valence-corrected chi connectivity index (χ3v) is 3.07. The minimum Gasteiger partial charge on any atom is -0.378 e. The van der Waals surface area contributed by atoms with Crippen LogP contribution in [0.5, 0.6) is 0 Å². The topological polar surface area (TPSA) is 27.7 Å². The van der Waals surface area contributed by atoms with Crippen molar-refractivity contribution in [3.05, 3.63) is 0 Å². The fraction of sp³-hybridized carbons (Fsp3) is 1.00. The van der Waals surface area contributed by atoms with E-state index in [-0.39, 0.29) is 0 Å². The average Bonchev–Trinajstić information content (AvgIpc) is 2.23. The molecule has 82 valence electrons. The summed E-state index contributed by atoms with van der Waals surface area (Å²) in [6.07, 6.45) is 0. The van der Waals surface area contributed by atoms with Crippen LogP contribution in [-0.2, 0) is 4.74 Å². The van der Waals surface area contributed by atoms with Crippen molar-refractivity contribution in [2.24, 2.45) is 0 Å². The second-order valence-electron chi connectivity index (χ2n) is 4.33. The second kappa shape index (κ2) is 5.07. The van der Waals surface area contributed by atoms with E-state index in [1.807, 2.05) is 0 Å². The van der Waals surface area contributed by atoms with Gasteiger partial charge < -0.3 is 15.0 Å². The summed E-state index contributed by atoms with van der Waals surface area (Å²) in [7, 11) is 2.19. The smallest absolute Gasteiger partial charge is 0.0632 e. The first-order chi connectivity index (χ1) is 6.84. The first-order valence-electron chi connectivity index (χ1n) is 5.56. The summed E-state index contributed by atoms with van der Waals surface area (Å²) >= 11 is 0. The van der Waals surface area contributed by atoms with Crippen LogP contribution in [-0.4, -0.2) is 75.4 Å². The molecular weight excluding hydrogens is 178 g/mol. The maximum absolute atomic E-state index is 5.45. The highest BCUT2D eigenvalue weighted by molar-refractivity contribution is 4.77. The zero-order valence-electron chi connectivity index (χ0n) is 9.04. The number of nitrogens with zero attached hydrogens (tertiary/aromatic N) is 2. The Balaban J connectivity index is 1.68. The average molecular weight is 199 g/mol. The Bertz CT molecular complexity index is 163. The van der Waals surface area contributed by atoms with E-state index in [4.69, 9.17) is 4.74 Å². The van der Waals surface area contributed by atoms with Crippen molar-refractivity contribution < 1.29 is 4.74 Å². The van der Waals surface area contributed by atoms with Crippen LogP contribution < -0.4 is 5.32 Å². The molecule has 2 fully saturated rings. The second-order valence-corrected chi connectivity index (χ2v) is 4.33. The maximum Gasteiger partial charge on any atom is 0.0632 e. The summed E-state index contributed by atoms with van der Waals surface area (Å²) in [4.78, 5) is 4.92. The van der Waals surface area contributed by atoms with Crippen LogP contribution in [0.4, 0.5) is 0 Å². The highest BCUT2D eigenvalue weighted by Crippen LogP contribution is 2.02. The molecule has 4 heteroatoms. The van der Waals surface area contributed by atoms with E-state index >= 15 is 0 Å². The van der Waals surface area contributed by atoms with Gasteiger partial charge in [0.25, 0.3) is 0 Å². The summed E-state index contributed by atoms with van der Waals surface area (Å²) in [5.41, 5.74) is 0. The molecule has 0 aromatic rings. The Hall–Kier alpha value is -0.160. The molecule has 0 saturated carbocycles. The number of hydrogen-bond acceptors (Lipinski definition) is 4. The van der Waals surface area contributed by atoms with Crippen molar-refractivity contribution in [2.45, 2.75) is 6.04 Å². The quantitative estimate of drug-likeness (QED) is 0.631. The standard InChI is InChI=1S/C10H21N3O/c1-12-3-5-13(6-4-12)8-10-9-14-7-2-11-10/h10-11H,2-9H2,1H3. The summed E-state index contributed by atoms with van der Waals surface area (Å²) in [6, 6.07) is 0.548.